The first-order valence-electron chi connectivity index (χ1n) is 3.34. The molecule has 0 radical (unpaired) electrons. The van der Waals surface area contributed by atoms with Crippen molar-refractivity contribution in [2.75, 3.05) is 13.2 Å². The molecule has 0 aliphatic carbocycles. The standard InChI is InChI=1S/C4H10O.C3H6O.H3N/c1-3-5-4-2;1-2-3-4;/h3-4H2,1-2H3;3H,2H2,1H3;1H3. The first kappa shape index (κ1) is 16.3. The summed E-state index contributed by atoms with van der Waals surface area (Å²) in [5, 5.41) is 0. The number of rotatable bonds is 3. The molecule has 0 aromatic rings. The molecule has 3 N–H and O–H groups in total. The van der Waals surface area contributed by atoms with Crippen LogP contribution in [0.25, 0.3) is 0 Å². The van der Waals surface area contributed by atoms with Crippen molar-refractivity contribution in [2.24, 2.45) is 0 Å². The van der Waals surface area contributed by atoms with Crippen molar-refractivity contribution in [3.63, 3.8) is 0 Å². The van der Waals surface area contributed by atoms with Crippen molar-refractivity contribution in [3.8, 4) is 0 Å². The predicted molar refractivity (Wildman–Crippen MR) is 43.5 cm³/mol. The molecule has 0 aromatic carbocycles. The van der Waals surface area contributed by atoms with E-state index in [0.717, 1.165) is 19.5 Å². The van der Waals surface area contributed by atoms with E-state index in [1.165, 1.54) is 0 Å². The second-order valence-electron chi connectivity index (χ2n) is 1.36. The summed E-state index contributed by atoms with van der Waals surface area (Å²) in [6, 6.07) is 0. The van der Waals surface area contributed by atoms with E-state index in [1.807, 2.05) is 20.8 Å². The SMILES string of the molecule is CCC=O.CCOCC.N. The summed E-state index contributed by atoms with van der Waals surface area (Å²) in [5.74, 6) is 0. The monoisotopic (exact) mass is 149 g/mol. The number of ether oxygens (including phenoxy) is 1. The Kier molecular flexibility index (Phi) is 38.3. The molecule has 0 atom stereocenters. The molecule has 0 aliphatic heterocycles. The minimum Gasteiger partial charge on any atom is -0.382 e. The van der Waals surface area contributed by atoms with Crippen molar-refractivity contribution >= 4 is 6.29 Å². The summed E-state index contributed by atoms with van der Waals surface area (Å²) < 4.78 is 4.83. The smallest absolute Gasteiger partial charge is 0.119 e. The summed E-state index contributed by atoms with van der Waals surface area (Å²) in [7, 11) is 0. The second kappa shape index (κ2) is 23.5. The average Bonchev–Trinajstić information content (AvgIpc) is 1.91. The van der Waals surface area contributed by atoms with Gasteiger partial charge in [0.25, 0.3) is 0 Å². The lowest BCUT2D eigenvalue weighted by molar-refractivity contribution is -0.107. The molecule has 0 bridgehead atoms. The van der Waals surface area contributed by atoms with Crippen LogP contribution in [-0.2, 0) is 9.53 Å². The Morgan fingerprint density at radius 2 is 1.50 bits per heavy atom. The Morgan fingerprint density at radius 3 is 1.50 bits per heavy atom. The van der Waals surface area contributed by atoms with E-state index in [2.05, 4.69) is 0 Å². The lowest BCUT2D eigenvalue weighted by Gasteiger charge is -1.86. The van der Waals surface area contributed by atoms with Gasteiger partial charge < -0.3 is 15.7 Å². The van der Waals surface area contributed by atoms with Gasteiger partial charge in [0.2, 0.25) is 0 Å². The predicted octanol–water partition coefficient (Wildman–Crippen LogP) is 1.80. The minimum absolute atomic E-state index is 0. The number of carbonyl (C=O) groups is 1. The van der Waals surface area contributed by atoms with Crippen molar-refractivity contribution in [3.05, 3.63) is 0 Å². The van der Waals surface area contributed by atoms with Gasteiger partial charge in [-0.05, 0) is 13.8 Å². The third-order valence-corrected chi connectivity index (χ3v) is 0.575. The van der Waals surface area contributed by atoms with Crippen LogP contribution >= 0.6 is 0 Å². The topological polar surface area (TPSA) is 61.3 Å². The van der Waals surface area contributed by atoms with Crippen LogP contribution in [-0.4, -0.2) is 19.5 Å². The summed E-state index contributed by atoms with van der Waals surface area (Å²) in [6.07, 6.45) is 1.51. The molecule has 0 fully saturated rings. The van der Waals surface area contributed by atoms with E-state index in [1.54, 1.807) is 0 Å². The van der Waals surface area contributed by atoms with Crippen molar-refractivity contribution in [1.82, 2.24) is 6.15 Å². The maximum Gasteiger partial charge on any atom is 0.119 e. The lowest BCUT2D eigenvalue weighted by atomic mass is 10.6. The zero-order valence-electron chi connectivity index (χ0n) is 7.22. The molecule has 0 saturated carbocycles. The third-order valence-electron chi connectivity index (χ3n) is 0.575. The van der Waals surface area contributed by atoms with Gasteiger partial charge in [-0.2, -0.15) is 0 Å². The van der Waals surface area contributed by atoms with E-state index in [4.69, 9.17) is 4.74 Å². The van der Waals surface area contributed by atoms with Crippen molar-refractivity contribution in [2.45, 2.75) is 27.2 Å². The molecule has 0 unspecified atom stereocenters. The van der Waals surface area contributed by atoms with Gasteiger partial charge in [-0.25, -0.2) is 0 Å². The zero-order valence-corrected chi connectivity index (χ0v) is 7.22. The number of carbonyl (C=O) groups excluding carboxylic acids is 1. The maximum absolute atomic E-state index is 9.17. The van der Waals surface area contributed by atoms with Gasteiger partial charge in [0.1, 0.15) is 6.29 Å². The number of hydrogen-bond donors (Lipinski definition) is 1. The first-order chi connectivity index (χ1) is 4.33. The van der Waals surface area contributed by atoms with Crippen LogP contribution in [0.4, 0.5) is 0 Å². The van der Waals surface area contributed by atoms with Crippen LogP contribution in [0, 0.1) is 0 Å². The van der Waals surface area contributed by atoms with Gasteiger partial charge in [-0.3, -0.25) is 0 Å². The molecule has 10 heavy (non-hydrogen) atoms. The fraction of sp³-hybridized carbons (Fsp3) is 0.857. The largest absolute Gasteiger partial charge is 0.382 e. The van der Waals surface area contributed by atoms with Gasteiger partial charge in [-0.15, -0.1) is 0 Å². The Balaban J connectivity index is -0.0000000910. The highest BCUT2D eigenvalue weighted by atomic mass is 16.5. The molecular weight excluding hydrogens is 130 g/mol. The third kappa shape index (κ3) is 49.1. The van der Waals surface area contributed by atoms with Gasteiger partial charge in [0, 0.05) is 19.6 Å². The first-order valence-corrected chi connectivity index (χ1v) is 3.34. The molecule has 3 heteroatoms. The number of aldehydes is 1. The molecule has 0 aliphatic rings. The van der Waals surface area contributed by atoms with Crippen LogP contribution in [0.2, 0.25) is 0 Å². The minimum atomic E-state index is 0. The Bertz CT molecular complexity index is 46.9. The average molecular weight is 149 g/mol. The second-order valence-corrected chi connectivity index (χ2v) is 1.36. The molecule has 64 valence electrons. The van der Waals surface area contributed by atoms with E-state index in [-0.39, 0.29) is 6.15 Å². The zero-order chi connectivity index (χ0) is 7.54. The molecule has 3 nitrogen and oxygen atoms in total. The van der Waals surface area contributed by atoms with Gasteiger partial charge >= 0.3 is 0 Å². The Hall–Kier alpha value is -0.410. The molecule has 0 amide bonds. The van der Waals surface area contributed by atoms with Gasteiger partial charge in [-0.1, -0.05) is 6.92 Å². The van der Waals surface area contributed by atoms with Crippen molar-refractivity contribution < 1.29 is 9.53 Å². The van der Waals surface area contributed by atoms with Gasteiger partial charge in [0.05, 0.1) is 0 Å². The molecule has 0 saturated heterocycles. The fourth-order valence-corrected chi connectivity index (χ4v) is 0.204. The van der Waals surface area contributed by atoms with E-state index in [9.17, 15) is 4.79 Å². The molecule has 0 rings (SSSR count). The van der Waals surface area contributed by atoms with E-state index >= 15 is 0 Å². The number of hydrogen-bond acceptors (Lipinski definition) is 3. The summed E-state index contributed by atoms with van der Waals surface area (Å²) in [5.41, 5.74) is 0. The Labute approximate surface area is 63.3 Å². The highest BCUT2D eigenvalue weighted by Crippen LogP contribution is 1.64. The Morgan fingerprint density at radius 1 is 1.20 bits per heavy atom. The van der Waals surface area contributed by atoms with E-state index < -0.39 is 0 Å². The lowest BCUT2D eigenvalue weighted by Crippen LogP contribution is -1.84. The van der Waals surface area contributed by atoms with Crippen LogP contribution in [0.1, 0.15) is 27.2 Å². The maximum atomic E-state index is 9.17. The van der Waals surface area contributed by atoms with Gasteiger partial charge in [0.15, 0.2) is 0 Å². The highest BCUT2D eigenvalue weighted by molar-refractivity contribution is 5.48. The normalized spacial score (nSPS) is 6.70. The van der Waals surface area contributed by atoms with Crippen LogP contribution < -0.4 is 6.15 Å². The summed E-state index contributed by atoms with van der Waals surface area (Å²) >= 11 is 0. The van der Waals surface area contributed by atoms with Crippen molar-refractivity contribution in [1.29, 1.82) is 0 Å². The van der Waals surface area contributed by atoms with Crippen LogP contribution in [0.15, 0.2) is 0 Å². The van der Waals surface area contributed by atoms with Crippen LogP contribution in [0.5, 0.6) is 0 Å². The van der Waals surface area contributed by atoms with Crippen LogP contribution in [0.3, 0.4) is 0 Å². The quantitative estimate of drug-likeness (QED) is 0.622. The van der Waals surface area contributed by atoms with E-state index in [0.29, 0.717) is 6.42 Å². The summed E-state index contributed by atoms with van der Waals surface area (Å²) in [4.78, 5) is 9.17. The molecule has 0 aromatic heterocycles. The summed E-state index contributed by atoms with van der Waals surface area (Å²) in [6.45, 7) is 7.48. The molecular formula is C7H19NO2. The molecule has 0 spiro atoms. The highest BCUT2D eigenvalue weighted by Gasteiger charge is 1.64. The fourth-order valence-electron chi connectivity index (χ4n) is 0.204. The molecule has 0 heterocycles.